The lowest BCUT2D eigenvalue weighted by molar-refractivity contribution is 0.0721. The Balaban J connectivity index is 1.06. The van der Waals surface area contributed by atoms with Gasteiger partial charge in [0, 0.05) is 58.6 Å². The van der Waals surface area contributed by atoms with E-state index in [1.165, 1.54) is 0 Å². The third-order valence-corrected chi connectivity index (χ3v) is 13.0. The maximum atomic E-state index is 15.3. The number of aromatic nitrogens is 9. The molecule has 2 atom stereocenters. The molecule has 1 saturated carbocycles. The molecule has 0 radical (unpaired) electrons. The van der Waals surface area contributed by atoms with Crippen LogP contribution in [0.2, 0.25) is 0 Å². The summed E-state index contributed by atoms with van der Waals surface area (Å²) in [7, 11) is 0. The monoisotopic (exact) mass is 845 g/mol. The van der Waals surface area contributed by atoms with Gasteiger partial charge in [0.05, 0.1) is 17.9 Å². The van der Waals surface area contributed by atoms with Crippen molar-refractivity contribution in [3.05, 3.63) is 147 Å². The largest absolute Gasteiger partial charge is 0.438 e. The number of nitrogens with zero attached hydrogens (tertiary/aromatic N) is 9. The molecule has 2 aliphatic rings. The number of carbonyl (C=O) groups excluding carboxylic acids is 1. The second-order valence-electron chi connectivity index (χ2n) is 17.3. The van der Waals surface area contributed by atoms with Crippen LogP contribution in [0.3, 0.4) is 0 Å². The molecule has 1 fully saturated rings. The van der Waals surface area contributed by atoms with Gasteiger partial charge in [0.2, 0.25) is 0 Å². The van der Waals surface area contributed by atoms with Gasteiger partial charge in [-0.25, -0.2) is 13.9 Å². The van der Waals surface area contributed by atoms with Crippen molar-refractivity contribution in [1.82, 2.24) is 49.1 Å². The van der Waals surface area contributed by atoms with E-state index in [1.54, 1.807) is 32.3 Å². The van der Waals surface area contributed by atoms with Crippen LogP contribution in [0.15, 0.2) is 88.6 Å². The Morgan fingerprint density at radius 3 is 2.48 bits per heavy atom. The van der Waals surface area contributed by atoms with E-state index in [0.29, 0.717) is 53.5 Å². The summed E-state index contributed by atoms with van der Waals surface area (Å²) in [6, 6.07) is 21.9. The standard InChI is InChI=1S/C48H48FN11O3/c1-8-38-30(7)36(15-17-50-38)31-9-14-40-32(21-31)22-41(59(40)48(23-29(48)6)46-53-47(62)63-56-46)45(61)57-18-16-39-37(24-57)44(60(55-39)35-19-27(4)42(49)28(5)20-35)52-33-10-12-34(13-11-33)58-25-51-54-43(58)26(2)3/h9-15,17,19-22,25-26,29,52H,8,16,18,23-24H2,1-7H3,(H,53,56,62)/t29-,48-/m0/s1. The van der Waals surface area contributed by atoms with Gasteiger partial charge in [0.25, 0.3) is 5.91 Å². The van der Waals surface area contributed by atoms with Crippen molar-refractivity contribution in [2.75, 3.05) is 11.9 Å². The minimum Gasteiger partial charge on any atom is -0.340 e. The van der Waals surface area contributed by atoms with Crippen molar-refractivity contribution in [3.8, 4) is 22.5 Å². The van der Waals surface area contributed by atoms with Crippen molar-refractivity contribution < 1.29 is 13.7 Å². The van der Waals surface area contributed by atoms with Crippen LogP contribution in [0.1, 0.15) is 95.8 Å². The Bertz CT molecular complexity index is 3130. The number of pyridine rings is 1. The fourth-order valence-electron chi connectivity index (χ4n) is 9.54. The Hall–Kier alpha value is -7.16. The maximum Gasteiger partial charge on any atom is 0.438 e. The van der Waals surface area contributed by atoms with E-state index in [4.69, 9.17) is 9.62 Å². The molecule has 0 bridgehead atoms. The fraction of sp³-hybridized carbons (Fsp3) is 0.312. The number of amides is 1. The second-order valence-corrected chi connectivity index (χ2v) is 17.3. The zero-order valence-electron chi connectivity index (χ0n) is 36.3. The minimum absolute atomic E-state index is 0.0487. The number of fused-ring (bicyclic) bond motifs is 2. The summed E-state index contributed by atoms with van der Waals surface area (Å²) in [5, 5.41) is 22.3. The lowest BCUT2D eigenvalue weighted by atomic mass is 9.98. The first kappa shape index (κ1) is 39.9. The molecule has 1 aliphatic carbocycles. The SMILES string of the molecule is CCc1nccc(-c2ccc3c(c2)cc(C(=O)N2CCc4nn(-c5cc(C)c(F)c(C)c5)c(Nc5ccc(-n6cnnc6C(C)C)cc5)c4C2)n3[C@@]2(c3noc(=O)[nH]3)C[C@@H]2C)c1C. The molecule has 15 heteroatoms. The van der Waals surface area contributed by atoms with E-state index in [1.807, 2.05) is 56.7 Å². The van der Waals surface area contributed by atoms with E-state index in [9.17, 15) is 9.18 Å². The van der Waals surface area contributed by atoms with Gasteiger partial charge in [-0.3, -0.25) is 23.9 Å². The molecule has 8 aromatic rings. The third-order valence-electron chi connectivity index (χ3n) is 13.0. The zero-order chi connectivity index (χ0) is 43.9. The molecule has 0 spiro atoms. The van der Waals surface area contributed by atoms with Crippen molar-refractivity contribution in [1.29, 1.82) is 0 Å². The second kappa shape index (κ2) is 15.0. The van der Waals surface area contributed by atoms with E-state index < -0.39 is 11.3 Å². The average molecular weight is 846 g/mol. The average Bonchev–Trinajstić information content (AvgIpc) is 3.84. The van der Waals surface area contributed by atoms with Crippen LogP contribution in [-0.2, 0) is 24.9 Å². The number of hydrogen-bond acceptors (Lipinski definition) is 9. The Kier molecular flexibility index (Phi) is 9.53. The molecule has 14 nitrogen and oxygen atoms in total. The van der Waals surface area contributed by atoms with Gasteiger partial charge in [-0.1, -0.05) is 38.9 Å². The first-order chi connectivity index (χ1) is 30.4. The number of nitrogens with one attached hydrogen (secondary N) is 2. The van der Waals surface area contributed by atoms with Crippen LogP contribution < -0.4 is 11.1 Å². The highest BCUT2D eigenvalue weighted by Crippen LogP contribution is 2.56. The molecule has 0 saturated heterocycles. The number of carbonyl (C=O) groups is 1. The van der Waals surface area contributed by atoms with Crippen LogP contribution >= 0.6 is 0 Å². The quantitative estimate of drug-likeness (QED) is 0.138. The van der Waals surface area contributed by atoms with Crippen molar-refractivity contribution >= 4 is 28.3 Å². The third kappa shape index (κ3) is 6.55. The molecule has 10 rings (SSSR count). The summed E-state index contributed by atoms with van der Waals surface area (Å²) < 4.78 is 25.9. The first-order valence-corrected chi connectivity index (χ1v) is 21.5. The molecular formula is C48H48FN11O3. The Morgan fingerprint density at radius 1 is 1.03 bits per heavy atom. The highest BCUT2D eigenvalue weighted by molar-refractivity contribution is 6.00. The number of benzene rings is 3. The first-order valence-electron chi connectivity index (χ1n) is 21.5. The molecule has 2 N–H and O–H groups in total. The number of anilines is 2. The number of aromatic amines is 1. The predicted octanol–water partition coefficient (Wildman–Crippen LogP) is 8.62. The summed E-state index contributed by atoms with van der Waals surface area (Å²) in [5.74, 6) is 1.11. The van der Waals surface area contributed by atoms with Crippen molar-refractivity contribution in [2.45, 2.75) is 85.7 Å². The Labute approximate surface area is 362 Å². The van der Waals surface area contributed by atoms with E-state index >= 15 is 4.79 Å². The normalized spacial score (nSPS) is 17.2. The topological polar surface area (TPSA) is 158 Å². The highest BCUT2D eigenvalue weighted by Gasteiger charge is 2.59. The number of hydrogen-bond donors (Lipinski definition) is 2. The van der Waals surface area contributed by atoms with E-state index in [0.717, 1.165) is 68.2 Å². The van der Waals surface area contributed by atoms with E-state index in [-0.39, 0.29) is 30.1 Å². The van der Waals surface area contributed by atoms with Crippen LogP contribution in [0, 0.1) is 32.5 Å². The summed E-state index contributed by atoms with van der Waals surface area (Å²) in [6.45, 7) is 14.6. The zero-order valence-corrected chi connectivity index (χ0v) is 36.3. The number of halogens is 1. The predicted molar refractivity (Wildman–Crippen MR) is 237 cm³/mol. The molecule has 1 aliphatic heterocycles. The number of aryl methyl sites for hydroxylation is 3. The minimum atomic E-state index is -0.798. The molecule has 6 heterocycles. The van der Waals surface area contributed by atoms with Gasteiger partial charge in [-0.2, -0.15) is 5.10 Å². The van der Waals surface area contributed by atoms with Gasteiger partial charge in [0.1, 0.15) is 35.0 Å². The van der Waals surface area contributed by atoms with Crippen molar-refractivity contribution in [2.24, 2.45) is 5.92 Å². The fourth-order valence-corrected chi connectivity index (χ4v) is 9.54. The number of rotatable bonds is 10. The summed E-state index contributed by atoms with van der Waals surface area (Å²) in [5.41, 5.74) is 9.97. The highest BCUT2D eigenvalue weighted by atomic mass is 19.1. The molecule has 63 heavy (non-hydrogen) atoms. The van der Waals surface area contributed by atoms with Gasteiger partial charge in [-0.05, 0) is 128 Å². The lowest BCUT2D eigenvalue weighted by Crippen LogP contribution is -2.38. The molecule has 5 aromatic heterocycles. The maximum absolute atomic E-state index is 15.3. The number of H-pyrrole nitrogens is 1. The van der Waals surface area contributed by atoms with Crippen LogP contribution in [0.25, 0.3) is 33.4 Å². The van der Waals surface area contributed by atoms with Gasteiger partial charge in [0.15, 0.2) is 5.82 Å². The molecule has 3 aromatic carbocycles. The summed E-state index contributed by atoms with van der Waals surface area (Å²) in [6.07, 6.45) is 5.53. The van der Waals surface area contributed by atoms with E-state index in [2.05, 4.69) is 88.0 Å². The lowest BCUT2D eigenvalue weighted by Gasteiger charge is -2.29. The molecule has 320 valence electrons. The van der Waals surface area contributed by atoms with Crippen molar-refractivity contribution in [3.63, 3.8) is 0 Å². The van der Waals surface area contributed by atoms with Gasteiger partial charge >= 0.3 is 5.76 Å². The van der Waals surface area contributed by atoms with Gasteiger partial charge < -0.3 is 14.8 Å². The molecule has 0 unspecified atom stereocenters. The molecular weight excluding hydrogens is 798 g/mol. The summed E-state index contributed by atoms with van der Waals surface area (Å²) in [4.78, 5) is 37.0. The summed E-state index contributed by atoms with van der Waals surface area (Å²) >= 11 is 0. The smallest absolute Gasteiger partial charge is 0.340 e. The van der Waals surface area contributed by atoms with Crippen LogP contribution in [0.5, 0.6) is 0 Å². The molecule has 1 amide bonds. The van der Waals surface area contributed by atoms with Crippen LogP contribution in [0.4, 0.5) is 15.9 Å². The van der Waals surface area contributed by atoms with Crippen LogP contribution in [-0.4, -0.2) is 61.6 Å². The van der Waals surface area contributed by atoms with Gasteiger partial charge in [-0.15, -0.1) is 10.2 Å². The Morgan fingerprint density at radius 2 is 1.79 bits per heavy atom.